The molecule has 0 saturated carbocycles. The summed E-state index contributed by atoms with van der Waals surface area (Å²) in [6, 6.07) is 11.0. The fourth-order valence-corrected chi connectivity index (χ4v) is 3.06. The summed E-state index contributed by atoms with van der Waals surface area (Å²) in [4.78, 5) is 32.3. The van der Waals surface area contributed by atoms with Crippen LogP contribution in [0.25, 0.3) is 17.0 Å². The summed E-state index contributed by atoms with van der Waals surface area (Å²) in [7, 11) is 0. The van der Waals surface area contributed by atoms with E-state index in [1.807, 2.05) is 12.2 Å². The number of nitrogens with zero attached hydrogens (tertiary/aromatic N) is 3. The third-order valence-electron chi connectivity index (χ3n) is 4.45. The Balaban J connectivity index is 0.000000241. The molecule has 1 aliphatic carbocycles. The van der Waals surface area contributed by atoms with Gasteiger partial charge in [0.05, 0.1) is 15.4 Å². The van der Waals surface area contributed by atoms with Crippen LogP contribution in [-0.4, -0.2) is 26.1 Å². The summed E-state index contributed by atoms with van der Waals surface area (Å²) in [6.07, 6.45) is 5.80. The quantitative estimate of drug-likeness (QED) is 0.350. The van der Waals surface area contributed by atoms with Crippen LogP contribution in [0, 0.1) is 20.2 Å². The van der Waals surface area contributed by atoms with Crippen molar-refractivity contribution in [3.8, 4) is 0 Å². The molecule has 0 N–H and O–H groups in total. The zero-order chi connectivity index (χ0) is 22.8. The minimum absolute atomic E-state index is 0. The number of nitro groups is 2. The van der Waals surface area contributed by atoms with E-state index in [0.29, 0.717) is 5.52 Å². The topological polar surface area (TPSA) is 118 Å². The Bertz CT molecular complexity index is 1200. The average molecular weight is 439 g/mol. The molecule has 2 aromatic carbocycles. The number of aromatic nitrogens is 1. The van der Waals surface area contributed by atoms with Crippen molar-refractivity contribution in [3.05, 3.63) is 86.1 Å². The number of benzene rings is 2. The van der Waals surface area contributed by atoms with Gasteiger partial charge in [-0.2, -0.15) is 0 Å². The lowest BCUT2D eigenvalue weighted by molar-refractivity contribution is -0.385. The van der Waals surface area contributed by atoms with E-state index in [0.717, 1.165) is 22.9 Å². The van der Waals surface area contributed by atoms with E-state index in [4.69, 9.17) is 4.74 Å². The maximum absolute atomic E-state index is 12.0. The van der Waals surface area contributed by atoms with E-state index in [9.17, 15) is 25.0 Å². The third kappa shape index (κ3) is 5.57. The van der Waals surface area contributed by atoms with Gasteiger partial charge in [-0.25, -0.2) is 4.79 Å². The van der Waals surface area contributed by atoms with Gasteiger partial charge in [0, 0.05) is 35.8 Å². The maximum Gasteiger partial charge on any atom is 0.418 e. The van der Waals surface area contributed by atoms with Crippen LogP contribution in [0.4, 0.5) is 16.2 Å². The number of rotatable bonds is 2. The first-order valence-corrected chi connectivity index (χ1v) is 9.48. The standard InChI is InChI=1S/C13H14N2O4.C9H7NO2.CH4/c1-13(2,3)19-12(16)14-7-6-9-4-5-10(15(17)18)8-11(9)14;11-10(12)9-5-4-7-2-1-3-8(7)6-9;/h4-8H,1-3H3;1-2,4-6H,3H2;1H4. The zero-order valence-corrected chi connectivity index (χ0v) is 17.3. The number of fused-ring (bicyclic) bond motifs is 2. The van der Waals surface area contributed by atoms with Crippen LogP contribution in [0.5, 0.6) is 0 Å². The normalized spacial score (nSPS) is 11.7. The number of carbonyl (C=O) groups is 1. The largest absolute Gasteiger partial charge is 0.443 e. The van der Waals surface area contributed by atoms with E-state index >= 15 is 0 Å². The first-order chi connectivity index (χ1) is 14.5. The number of allylic oxidation sites excluding steroid dienone is 1. The fraction of sp³-hybridized carbons (Fsp3) is 0.261. The zero-order valence-electron chi connectivity index (χ0n) is 17.3. The lowest BCUT2D eigenvalue weighted by Gasteiger charge is -2.19. The Hall–Kier alpha value is -4.01. The molecule has 0 unspecified atom stereocenters. The first kappa shape index (κ1) is 24.3. The second-order valence-corrected chi connectivity index (χ2v) is 7.91. The second-order valence-electron chi connectivity index (χ2n) is 7.91. The van der Waals surface area contributed by atoms with E-state index in [-0.39, 0.29) is 23.7 Å². The van der Waals surface area contributed by atoms with Crippen molar-refractivity contribution in [1.82, 2.24) is 4.57 Å². The van der Waals surface area contributed by atoms with Gasteiger partial charge in [0.1, 0.15) is 5.60 Å². The molecule has 32 heavy (non-hydrogen) atoms. The maximum atomic E-state index is 12.0. The van der Waals surface area contributed by atoms with Gasteiger partial charge < -0.3 is 4.74 Å². The Morgan fingerprint density at radius 1 is 1.00 bits per heavy atom. The number of carbonyl (C=O) groups excluding carboxylic acids is 1. The molecule has 1 aromatic heterocycles. The smallest absolute Gasteiger partial charge is 0.418 e. The van der Waals surface area contributed by atoms with Crippen LogP contribution >= 0.6 is 0 Å². The lowest BCUT2D eigenvalue weighted by atomic mass is 10.1. The summed E-state index contributed by atoms with van der Waals surface area (Å²) in [5.74, 6) is 0. The van der Waals surface area contributed by atoms with Crippen molar-refractivity contribution >= 4 is 34.4 Å². The molecule has 0 saturated heterocycles. The van der Waals surface area contributed by atoms with Crippen LogP contribution in [0.15, 0.2) is 54.7 Å². The molecule has 4 rings (SSSR count). The van der Waals surface area contributed by atoms with Crippen LogP contribution in [0.3, 0.4) is 0 Å². The summed E-state index contributed by atoms with van der Waals surface area (Å²) in [5, 5.41) is 21.9. The SMILES string of the molecule is C.CC(C)(C)OC(=O)n1ccc2ccc([N+](=O)[O-])cc21.O=[N+]([O-])c1ccc2c(c1)CC=C2. The predicted octanol–water partition coefficient (Wildman–Crippen LogP) is 6.13. The third-order valence-corrected chi connectivity index (χ3v) is 4.45. The van der Waals surface area contributed by atoms with Gasteiger partial charge >= 0.3 is 6.09 Å². The Morgan fingerprint density at radius 3 is 2.25 bits per heavy atom. The van der Waals surface area contributed by atoms with Crippen LogP contribution in [-0.2, 0) is 11.2 Å². The van der Waals surface area contributed by atoms with Crippen molar-refractivity contribution in [2.24, 2.45) is 0 Å². The molecule has 3 aromatic rings. The lowest BCUT2D eigenvalue weighted by Crippen LogP contribution is -2.26. The molecular formula is C23H25N3O6. The highest BCUT2D eigenvalue weighted by molar-refractivity contribution is 5.90. The molecule has 0 bridgehead atoms. The molecule has 0 aliphatic heterocycles. The molecule has 9 heteroatoms. The minimum Gasteiger partial charge on any atom is -0.443 e. The predicted molar refractivity (Wildman–Crippen MR) is 123 cm³/mol. The molecule has 0 radical (unpaired) electrons. The highest BCUT2D eigenvalue weighted by Crippen LogP contribution is 2.24. The fourth-order valence-electron chi connectivity index (χ4n) is 3.06. The van der Waals surface area contributed by atoms with Gasteiger partial charge in [0.2, 0.25) is 0 Å². The van der Waals surface area contributed by atoms with Gasteiger partial charge in [-0.15, -0.1) is 0 Å². The summed E-state index contributed by atoms with van der Waals surface area (Å²) in [6.45, 7) is 5.29. The summed E-state index contributed by atoms with van der Waals surface area (Å²) >= 11 is 0. The molecule has 168 valence electrons. The monoisotopic (exact) mass is 439 g/mol. The van der Waals surface area contributed by atoms with E-state index in [2.05, 4.69) is 0 Å². The number of hydrogen-bond acceptors (Lipinski definition) is 6. The van der Waals surface area contributed by atoms with Crippen LogP contribution in [0.1, 0.15) is 39.3 Å². The van der Waals surface area contributed by atoms with Gasteiger partial charge in [-0.3, -0.25) is 24.8 Å². The number of ether oxygens (including phenoxy) is 1. The Labute approximate surface area is 185 Å². The van der Waals surface area contributed by atoms with Crippen molar-refractivity contribution in [3.63, 3.8) is 0 Å². The first-order valence-electron chi connectivity index (χ1n) is 9.48. The van der Waals surface area contributed by atoms with E-state index in [1.165, 1.54) is 22.8 Å². The molecule has 9 nitrogen and oxygen atoms in total. The molecule has 1 heterocycles. The van der Waals surface area contributed by atoms with E-state index < -0.39 is 16.6 Å². The summed E-state index contributed by atoms with van der Waals surface area (Å²) in [5.41, 5.74) is 2.11. The van der Waals surface area contributed by atoms with E-state index in [1.54, 1.807) is 51.2 Å². The number of non-ortho nitro benzene ring substituents is 2. The van der Waals surface area contributed by atoms with Gasteiger partial charge in [-0.05, 0) is 56.5 Å². The highest BCUT2D eigenvalue weighted by Gasteiger charge is 2.20. The van der Waals surface area contributed by atoms with Crippen molar-refractivity contribution in [2.75, 3.05) is 0 Å². The second kappa shape index (κ2) is 9.42. The average Bonchev–Trinajstić information content (AvgIpc) is 3.32. The van der Waals surface area contributed by atoms with Gasteiger partial charge in [0.15, 0.2) is 0 Å². The van der Waals surface area contributed by atoms with Crippen LogP contribution in [0.2, 0.25) is 0 Å². The molecule has 0 atom stereocenters. The highest BCUT2D eigenvalue weighted by atomic mass is 16.6. The Morgan fingerprint density at radius 2 is 1.62 bits per heavy atom. The van der Waals surface area contributed by atoms with Gasteiger partial charge in [0.25, 0.3) is 11.4 Å². The number of hydrogen-bond donors (Lipinski definition) is 0. The van der Waals surface area contributed by atoms with Crippen molar-refractivity contribution < 1.29 is 19.4 Å². The molecule has 0 fully saturated rings. The Kier molecular flexibility index (Phi) is 7.14. The molecule has 0 amide bonds. The molecular weight excluding hydrogens is 414 g/mol. The van der Waals surface area contributed by atoms with Crippen molar-refractivity contribution in [2.45, 2.75) is 40.2 Å². The van der Waals surface area contributed by atoms with Crippen molar-refractivity contribution in [1.29, 1.82) is 0 Å². The number of nitro benzene ring substituents is 2. The summed E-state index contributed by atoms with van der Waals surface area (Å²) < 4.78 is 6.52. The molecule has 1 aliphatic rings. The van der Waals surface area contributed by atoms with Crippen LogP contribution < -0.4 is 0 Å². The van der Waals surface area contributed by atoms with Gasteiger partial charge in [-0.1, -0.05) is 19.6 Å². The minimum atomic E-state index is -0.617. The molecule has 0 spiro atoms.